The molecule has 1 aliphatic carbocycles. The number of hydrogen-bond acceptors (Lipinski definition) is 6. The molecule has 5 rings (SSSR count). The maximum Gasteiger partial charge on any atom is 0.226 e. The van der Waals surface area contributed by atoms with E-state index in [-0.39, 0.29) is 17.7 Å². The van der Waals surface area contributed by atoms with Crippen LogP contribution in [0.15, 0.2) is 59.8 Å². The van der Waals surface area contributed by atoms with Crippen LogP contribution in [-0.4, -0.2) is 34.8 Å². The fourth-order valence-electron chi connectivity index (χ4n) is 4.61. The first-order chi connectivity index (χ1) is 15.1. The van der Waals surface area contributed by atoms with Crippen molar-refractivity contribution in [1.82, 2.24) is 14.8 Å². The van der Waals surface area contributed by atoms with E-state index in [1.54, 1.807) is 18.9 Å². The highest BCUT2D eigenvalue weighted by atomic mass is 16.5. The van der Waals surface area contributed by atoms with Crippen LogP contribution in [0.2, 0.25) is 0 Å². The van der Waals surface area contributed by atoms with Crippen molar-refractivity contribution in [1.29, 1.82) is 0 Å². The number of ether oxygens (including phenoxy) is 2. The van der Waals surface area contributed by atoms with Gasteiger partial charge in [-0.2, -0.15) is 10.1 Å². The van der Waals surface area contributed by atoms with Gasteiger partial charge in [0.25, 0.3) is 0 Å². The van der Waals surface area contributed by atoms with Gasteiger partial charge in [-0.1, -0.05) is 36.4 Å². The Kier molecular flexibility index (Phi) is 4.73. The van der Waals surface area contributed by atoms with Crippen molar-refractivity contribution in [3.63, 3.8) is 0 Å². The number of allylic oxidation sites excluding steroid dienone is 2. The smallest absolute Gasteiger partial charge is 0.226 e. The molecule has 158 valence electrons. The predicted molar refractivity (Wildman–Crippen MR) is 117 cm³/mol. The van der Waals surface area contributed by atoms with E-state index in [2.05, 4.69) is 27.5 Å². The second-order valence-corrected chi connectivity index (χ2v) is 7.90. The van der Waals surface area contributed by atoms with Gasteiger partial charge in [0.15, 0.2) is 17.3 Å². The number of carbonyl (C=O) groups is 1. The van der Waals surface area contributed by atoms with Gasteiger partial charge in [-0.05, 0) is 42.5 Å². The van der Waals surface area contributed by atoms with Gasteiger partial charge >= 0.3 is 0 Å². The summed E-state index contributed by atoms with van der Waals surface area (Å²) in [6.07, 6.45) is 1.22. The molecule has 2 aliphatic rings. The molecule has 7 nitrogen and oxygen atoms in total. The number of aromatic nitrogens is 3. The normalized spacial score (nSPS) is 20.0. The number of anilines is 1. The fraction of sp³-hybridized carbons (Fsp3) is 0.292. The van der Waals surface area contributed by atoms with Crippen LogP contribution >= 0.6 is 0 Å². The average molecular weight is 416 g/mol. The van der Waals surface area contributed by atoms with E-state index in [1.165, 1.54) is 5.56 Å². The first-order valence-corrected chi connectivity index (χ1v) is 10.3. The molecule has 0 spiro atoms. The Hall–Kier alpha value is -3.61. The maximum atomic E-state index is 13.5. The van der Waals surface area contributed by atoms with Crippen molar-refractivity contribution in [2.24, 2.45) is 0 Å². The molecule has 0 unspecified atom stereocenters. The molecule has 2 heterocycles. The van der Waals surface area contributed by atoms with Gasteiger partial charge in [0.1, 0.15) is 11.9 Å². The number of fused-ring (bicyclic) bond motifs is 1. The van der Waals surface area contributed by atoms with Crippen LogP contribution < -0.4 is 14.8 Å². The molecule has 1 aliphatic heterocycles. The predicted octanol–water partition coefficient (Wildman–Crippen LogP) is 4.02. The summed E-state index contributed by atoms with van der Waals surface area (Å²) < 4.78 is 12.7. The molecule has 0 saturated heterocycles. The van der Waals surface area contributed by atoms with Crippen LogP contribution in [0.1, 0.15) is 41.8 Å². The number of methoxy groups -OCH3 is 2. The average Bonchev–Trinajstić information content (AvgIpc) is 3.17. The van der Waals surface area contributed by atoms with E-state index in [0.717, 1.165) is 23.3 Å². The molecule has 0 fully saturated rings. The van der Waals surface area contributed by atoms with Gasteiger partial charge in [-0.25, -0.2) is 4.68 Å². The first-order valence-electron chi connectivity index (χ1n) is 10.3. The fourth-order valence-corrected chi connectivity index (χ4v) is 4.61. The molecule has 0 saturated carbocycles. The second-order valence-electron chi connectivity index (χ2n) is 7.90. The van der Waals surface area contributed by atoms with E-state index in [0.29, 0.717) is 29.7 Å². The standard InChI is InChI=1S/C24H24N4O3/c1-14-25-24-26-18-11-17(15-7-5-4-6-8-15)12-19(29)22(18)23(28(24)27-14)16-9-10-20(30-2)21(13-16)31-3/h4-10,13,17,23H,11-12H2,1-3H3,(H,25,26,27)/t17-,23-/m0/s1. The van der Waals surface area contributed by atoms with Gasteiger partial charge in [0.05, 0.1) is 14.2 Å². The Labute approximate surface area is 180 Å². The molecule has 3 aromatic rings. The Bertz CT molecular complexity index is 1180. The van der Waals surface area contributed by atoms with Crippen molar-refractivity contribution in [3.8, 4) is 11.5 Å². The highest BCUT2D eigenvalue weighted by molar-refractivity contribution is 6.00. The zero-order valence-corrected chi connectivity index (χ0v) is 17.8. The molecular weight excluding hydrogens is 392 g/mol. The topological polar surface area (TPSA) is 78.3 Å². The van der Waals surface area contributed by atoms with Crippen LogP contribution in [0.25, 0.3) is 0 Å². The highest BCUT2D eigenvalue weighted by Crippen LogP contribution is 2.45. The van der Waals surface area contributed by atoms with Crippen LogP contribution in [-0.2, 0) is 4.79 Å². The van der Waals surface area contributed by atoms with E-state index >= 15 is 0 Å². The number of ketones is 1. The summed E-state index contributed by atoms with van der Waals surface area (Å²) in [6, 6.07) is 15.6. The summed E-state index contributed by atoms with van der Waals surface area (Å²) in [5, 5.41) is 7.99. The molecule has 2 aromatic carbocycles. The van der Waals surface area contributed by atoms with Crippen molar-refractivity contribution in [2.45, 2.75) is 31.7 Å². The van der Waals surface area contributed by atoms with Crippen LogP contribution in [0.5, 0.6) is 11.5 Å². The summed E-state index contributed by atoms with van der Waals surface area (Å²) in [7, 11) is 3.21. The monoisotopic (exact) mass is 416 g/mol. The minimum atomic E-state index is -0.364. The molecule has 0 amide bonds. The third kappa shape index (κ3) is 3.26. The minimum Gasteiger partial charge on any atom is -0.493 e. The van der Waals surface area contributed by atoms with Gasteiger partial charge < -0.3 is 14.8 Å². The lowest BCUT2D eigenvalue weighted by atomic mass is 9.78. The van der Waals surface area contributed by atoms with Crippen molar-refractivity contribution in [2.75, 3.05) is 19.5 Å². The van der Waals surface area contributed by atoms with Gasteiger partial charge in [0.2, 0.25) is 5.95 Å². The first kappa shape index (κ1) is 19.4. The number of carbonyl (C=O) groups excluding carboxylic acids is 1. The number of nitrogens with one attached hydrogen (secondary N) is 1. The second kappa shape index (κ2) is 7.58. The molecule has 0 radical (unpaired) electrons. The zero-order chi connectivity index (χ0) is 21.5. The lowest BCUT2D eigenvalue weighted by Crippen LogP contribution is -2.33. The van der Waals surface area contributed by atoms with E-state index in [1.807, 2.05) is 43.3 Å². The maximum absolute atomic E-state index is 13.5. The third-order valence-electron chi connectivity index (χ3n) is 6.02. The Balaban J connectivity index is 1.63. The number of nitrogens with zero attached hydrogens (tertiary/aromatic N) is 3. The van der Waals surface area contributed by atoms with Crippen LogP contribution in [0.4, 0.5) is 5.95 Å². The van der Waals surface area contributed by atoms with Crippen molar-refractivity contribution in [3.05, 3.63) is 76.8 Å². The van der Waals surface area contributed by atoms with E-state index in [9.17, 15) is 4.79 Å². The zero-order valence-electron chi connectivity index (χ0n) is 17.8. The molecule has 0 bridgehead atoms. The van der Waals surface area contributed by atoms with Crippen molar-refractivity contribution >= 4 is 11.7 Å². The minimum absolute atomic E-state index is 0.126. The van der Waals surface area contributed by atoms with Gasteiger partial charge in [-0.15, -0.1) is 0 Å². The van der Waals surface area contributed by atoms with Crippen LogP contribution in [0, 0.1) is 6.92 Å². The molecule has 1 aromatic heterocycles. The summed E-state index contributed by atoms with van der Waals surface area (Å²) in [5.74, 6) is 2.83. The molecule has 1 N–H and O–H groups in total. The van der Waals surface area contributed by atoms with Gasteiger partial charge in [0, 0.05) is 17.7 Å². The number of rotatable bonds is 4. The molecule has 2 atom stereocenters. The summed E-state index contributed by atoms with van der Waals surface area (Å²) in [5.41, 5.74) is 3.75. The molecular formula is C24H24N4O3. The summed E-state index contributed by atoms with van der Waals surface area (Å²) in [4.78, 5) is 18.0. The lowest BCUT2D eigenvalue weighted by molar-refractivity contribution is -0.116. The van der Waals surface area contributed by atoms with Crippen molar-refractivity contribution < 1.29 is 14.3 Å². The van der Waals surface area contributed by atoms with E-state index in [4.69, 9.17) is 9.47 Å². The largest absolute Gasteiger partial charge is 0.493 e. The Morgan fingerprint density at radius 1 is 1.00 bits per heavy atom. The Morgan fingerprint density at radius 2 is 1.77 bits per heavy atom. The summed E-state index contributed by atoms with van der Waals surface area (Å²) in [6.45, 7) is 1.85. The third-order valence-corrected chi connectivity index (χ3v) is 6.02. The number of Topliss-reactive ketones (excluding diaryl/α,β-unsaturated/α-hetero) is 1. The molecule has 7 heteroatoms. The van der Waals surface area contributed by atoms with E-state index < -0.39 is 0 Å². The van der Waals surface area contributed by atoms with Crippen LogP contribution in [0.3, 0.4) is 0 Å². The highest BCUT2D eigenvalue weighted by Gasteiger charge is 2.39. The number of hydrogen-bond donors (Lipinski definition) is 1. The number of aryl methyl sites for hydroxylation is 1. The Morgan fingerprint density at radius 3 is 2.52 bits per heavy atom. The molecule has 31 heavy (non-hydrogen) atoms. The number of benzene rings is 2. The van der Waals surface area contributed by atoms with Gasteiger partial charge in [-0.3, -0.25) is 4.79 Å². The lowest BCUT2D eigenvalue weighted by Gasteiger charge is -2.35. The quantitative estimate of drug-likeness (QED) is 0.692. The SMILES string of the molecule is COc1ccc([C@H]2C3=C(C[C@H](c4ccccc4)CC3=O)Nc3nc(C)nn32)cc1OC. The summed E-state index contributed by atoms with van der Waals surface area (Å²) >= 11 is 0.